The van der Waals surface area contributed by atoms with Gasteiger partial charge in [0.05, 0.1) is 13.2 Å². The summed E-state index contributed by atoms with van der Waals surface area (Å²) in [5, 5.41) is 2.86. The van der Waals surface area contributed by atoms with E-state index in [1.165, 1.54) is 0 Å². The van der Waals surface area contributed by atoms with E-state index in [-0.39, 0.29) is 11.8 Å². The van der Waals surface area contributed by atoms with Crippen LogP contribution in [0.25, 0.3) is 0 Å². The second-order valence-corrected chi connectivity index (χ2v) is 6.39. The van der Waals surface area contributed by atoms with E-state index in [4.69, 9.17) is 9.47 Å². The molecule has 0 aliphatic carbocycles. The van der Waals surface area contributed by atoms with Crippen molar-refractivity contribution in [3.8, 4) is 5.75 Å². The topological polar surface area (TPSA) is 67.9 Å². The molecule has 1 N–H and O–H groups in total. The number of rotatable bonds is 9. The summed E-state index contributed by atoms with van der Waals surface area (Å²) >= 11 is 0. The summed E-state index contributed by atoms with van der Waals surface area (Å²) in [5.41, 5.74) is 0.334. The average molecular weight is 348 g/mol. The van der Waals surface area contributed by atoms with Crippen LogP contribution in [-0.2, 0) is 20.7 Å². The maximum Gasteiger partial charge on any atom is 0.245 e. The number of nitrogens with zero attached hydrogens (tertiary/aromatic N) is 1. The molecule has 2 rings (SSSR count). The first kappa shape index (κ1) is 19.2. The van der Waals surface area contributed by atoms with Gasteiger partial charge in [-0.1, -0.05) is 12.1 Å². The summed E-state index contributed by atoms with van der Waals surface area (Å²) in [5.74, 6) is 0.767. The van der Waals surface area contributed by atoms with Crippen LogP contribution in [0.2, 0.25) is 0 Å². The van der Waals surface area contributed by atoms with E-state index in [0.717, 1.165) is 11.3 Å². The molecule has 0 saturated carbocycles. The molecule has 0 aromatic heterocycles. The minimum atomic E-state index is -0.782. The fourth-order valence-electron chi connectivity index (χ4n) is 3.12. The molecule has 1 saturated heterocycles. The van der Waals surface area contributed by atoms with Crippen LogP contribution in [0.3, 0.4) is 0 Å². The smallest absolute Gasteiger partial charge is 0.245 e. The molecule has 0 spiro atoms. The number of hydrogen-bond donors (Lipinski definition) is 1. The van der Waals surface area contributed by atoms with Crippen molar-refractivity contribution in [3.05, 3.63) is 29.8 Å². The van der Waals surface area contributed by atoms with Crippen LogP contribution >= 0.6 is 0 Å². The third-order valence-electron chi connectivity index (χ3n) is 4.66. The lowest BCUT2D eigenvalue weighted by Crippen LogP contribution is -2.55. The van der Waals surface area contributed by atoms with Gasteiger partial charge in [0, 0.05) is 26.6 Å². The Labute approximate surface area is 149 Å². The highest BCUT2D eigenvalue weighted by Crippen LogP contribution is 2.30. The largest absolute Gasteiger partial charge is 0.494 e. The van der Waals surface area contributed by atoms with Crippen molar-refractivity contribution < 1.29 is 19.1 Å². The summed E-state index contributed by atoms with van der Waals surface area (Å²) < 4.78 is 10.4. The van der Waals surface area contributed by atoms with Crippen LogP contribution in [0.15, 0.2) is 24.3 Å². The molecule has 1 aromatic carbocycles. The summed E-state index contributed by atoms with van der Waals surface area (Å²) in [7, 11) is 1.59. The zero-order valence-corrected chi connectivity index (χ0v) is 15.3. The molecule has 1 atom stereocenters. The van der Waals surface area contributed by atoms with Crippen molar-refractivity contribution in [2.75, 3.05) is 33.4 Å². The van der Waals surface area contributed by atoms with Crippen LogP contribution < -0.4 is 10.1 Å². The van der Waals surface area contributed by atoms with Crippen molar-refractivity contribution in [3.63, 3.8) is 0 Å². The van der Waals surface area contributed by atoms with Crippen LogP contribution in [0.1, 0.15) is 32.3 Å². The molecular weight excluding hydrogens is 320 g/mol. The van der Waals surface area contributed by atoms with E-state index in [1.54, 1.807) is 12.0 Å². The maximum atomic E-state index is 12.5. The van der Waals surface area contributed by atoms with E-state index in [9.17, 15) is 9.59 Å². The first-order valence-electron chi connectivity index (χ1n) is 8.80. The highest BCUT2D eigenvalue weighted by molar-refractivity contribution is 5.94. The van der Waals surface area contributed by atoms with Crippen molar-refractivity contribution in [2.24, 2.45) is 0 Å². The van der Waals surface area contributed by atoms with Crippen LogP contribution in [0, 0.1) is 0 Å². The number of carbonyl (C=O) groups is 2. The predicted octanol–water partition coefficient (Wildman–Crippen LogP) is 1.77. The number of methoxy groups -OCH3 is 1. The van der Waals surface area contributed by atoms with Crippen molar-refractivity contribution in [1.82, 2.24) is 10.2 Å². The van der Waals surface area contributed by atoms with Gasteiger partial charge in [-0.3, -0.25) is 9.59 Å². The molecule has 0 bridgehead atoms. The average Bonchev–Trinajstić information content (AvgIpc) is 2.90. The highest BCUT2D eigenvalue weighted by atomic mass is 16.5. The molecule has 138 valence electrons. The fraction of sp³-hybridized carbons (Fsp3) is 0.579. The second kappa shape index (κ2) is 8.85. The molecule has 1 aliphatic heterocycles. The lowest BCUT2D eigenvalue weighted by atomic mass is 9.97. The fourth-order valence-corrected chi connectivity index (χ4v) is 3.12. The Balaban J connectivity index is 1.97. The van der Waals surface area contributed by atoms with Crippen molar-refractivity contribution in [2.45, 2.75) is 38.6 Å². The van der Waals surface area contributed by atoms with Gasteiger partial charge in [0.1, 0.15) is 11.3 Å². The highest BCUT2D eigenvalue weighted by Gasteiger charge is 2.46. The number of benzene rings is 1. The van der Waals surface area contributed by atoms with E-state index in [1.807, 2.05) is 38.1 Å². The maximum absolute atomic E-state index is 12.5. The Morgan fingerprint density at radius 2 is 2.04 bits per heavy atom. The number of nitrogens with one attached hydrogen (secondary N) is 1. The number of amides is 2. The van der Waals surface area contributed by atoms with Gasteiger partial charge in [0.2, 0.25) is 11.8 Å². The Bertz CT molecular complexity index is 588. The SMILES string of the molecule is CCOc1ccc(CCN2C(=O)CCC2(C)C(=O)NCCOC)cc1. The summed E-state index contributed by atoms with van der Waals surface area (Å²) in [6, 6.07) is 7.87. The Morgan fingerprint density at radius 1 is 1.32 bits per heavy atom. The molecule has 1 heterocycles. The molecule has 1 aromatic rings. The lowest BCUT2D eigenvalue weighted by Gasteiger charge is -2.34. The molecule has 6 nitrogen and oxygen atoms in total. The van der Waals surface area contributed by atoms with Gasteiger partial charge in [-0.05, 0) is 44.4 Å². The van der Waals surface area contributed by atoms with Gasteiger partial charge >= 0.3 is 0 Å². The first-order chi connectivity index (χ1) is 12.0. The van der Waals surface area contributed by atoms with Crippen molar-refractivity contribution in [1.29, 1.82) is 0 Å². The van der Waals surface area contributed by atoms with Gasteiger partial charge in [-0.15, -0.1) is 0 Å². The van der Waals surface area contributed by atoms with E-state index in [2.05, 4.69) is 5.32 Å². The number of likely N-dealkylation sites (tertiary alicyclic amines) is 1. The van der Waals surface area contributed by atoms with E-state index in [0.29, 0.717) is 45.6 Å². The molecular formula is C19H28N2O4. The summed E-state index contributed by atoms with van der Waals surface area (Å²) in [6.45, 7) is 5.87. The number of hydrogen-bond acceptors (Lipinski definition) is 4. The second-order valence-electron chi connectivity index (χ2n) is 6.39. The molecule has 25 heavy (non-hydrogen) atoms. The number of carbonyl (C=O) groups excluding carboxylic acids is 2. The third kappa shape index (κ3) is 4.72. The molecule has 1 fully saturated rings. The number of ether oxygens (including phenoxy) is 2. The molecule has 1 unspecified atom stereocenters. The predicted molar refractivity (Wildman–Crippen MR) is 95.6 cm³/mol. The minimum absolute atomic E-state index is 0.0373. The van der Waals surface area contributed by atoms with E-state index >= 15 is 0 Å². The third-order valence-corrected chi connectivity index (χ3v) is 4.66. The summed E-state index contributed by atoms with van der Waals surface area (Å²) in [6.07, 6.45) is 1.67. The van der Waals surface area contributed by atoms with Crippen molar-refractivity contribution >= 4 is 11.8 Å². The van der Waals surface area contributed by atoms with Crippen LogP contribution in [0.5, 0.6) is 5.75 Å². The van der Waals surface area contributed by atoms with Gasteiger partial charge in [-0.2, -0.15) is 0 Å². The minimum Gasteiger partial charge on any atom is -0.494 e. The first-order valence-corrected chi connectivity index (χ1v) is 8.80. The molecule has 6 heteroatoms. The quantitative estimate of drug-likeness (QED) is 0.691. The Morgan fingerprint density at radius 3 is 2.68 bits per heavy atom. The zero-order valence-electron chi connectivity index (χ0n) is 15.3. The van der Waals surface area contributed by atoms with Gasteiger partial charge in [-0.25, -0.2) is 0 Å². The normalized spacial score (nSPS) is 20.0. The zero-order chi connectivity index (χ0) is 18.3. The van der Waals surface area contributed by atoms with E-state index < -0.39 is 5.54 Å². The van der Waals surface area contributed by atoms with Crippen LogP contribution in [0.4, 0.5) is 0 Å². The standard InChI is InChI=1S/C19H28N2O4/c1-4-25-16-7-5-15(6-8-16)10-13-21-17(22)9-11-19(21,2)18(23)20-12-14-24-3/h5-8H,4,9-14H2,1-3H3,(H,20,23). The Kier molecular flexibility index (Phi) is 6.82. The summed E-state index contributed by atoms with van der Waals surface area (Å²) in [4.78, 5) is 26.5. The molecule has 1 aliphatic rings. The lowest BCUT2D eigenvalue weighted by molar-refractivity contribution is -0.140. The van der Waals surface area contributed by atoms with Gasteiger partial charge in [0.15, 0.2) is 0 Å². The monoisotopic (exact) mass is 348 g/mol. The molecule has 0 radical (unpaired) electrons. The van der Waals surface area contributed by atoms with Gasteiger partial charge < -0.3 is 19.7 Å². The Hall–Kier alpha value is -2.08. The molecule has 2 amide bonds. The van der Waals surface area contributed by atoms with Gasteiger partial charge in [0.25, 0.3) is 0 Å². The van der Waals surface area contributed by atoms with Crippen LogP contribution in [-0.4, -0.2) is 55.7 Å².